The third-order valence-electron chi connectivity index (χ3n) is 4.97. The molecular formula is C22H23ClN4OS2. The van der Waals surface area contributed by atoms with Crippen LogP contribution in [0.5, 0.6) is 0 Å². The molecule has 4 rings (SSSR count). The zero-order chi connectivity index (χ0) is 20.9. The monoisotopic (exact) mass is 458 g/mol. The Hall–Kier alpha value is -2.06. The van der Waals surface area contributed by atoms with Crippen molar-refractivity contribution >= 4 is 52.0 Å². The number of hydrogen-bond acceptors (Lipinski definition) is 6. The summed E-state index contributed by atoms with van der Waals surface area (Å²) in [6.45, 7) is 4.22. The molecule has 0 radical (unpaired) electrons. The summed E-state index contributed by atoms with van der Waals surface area (Å²) in [5.74, 6) is 0.295. The smallest absolute Gasteiger partial charge is 0.234 e. The molecule has 3 aromatic rings. The first-order chi connectivity index (χ1) is 14.6. The number of piperazine rings is 1. The van der Waals surface area contributed by atoms with Crippen LogP contribution in [0.3, 0.4) is 0 Å². The zero-order valence-electron chi connectivity index (χ0n) is 16.7. The average Bonchev–Trinajstić information content (AvgIpc) is 3.23. The predicted octanol–water partition coefficient (Wildman–Crippen LogP) is 4.95. The van der Waals surface area contributed by atoms with Crippen LogP contribution in [0.4, 0.5) is 11.4 Å². The Bertz CT molecular complexity index is 983. The number of nitrogens with one attached hydrogen (secondary N) is 1. The molecule has 0 aliphatic carbocycles. The molecule has 1 fully saturated rings. The predicted molar refractivity (Wildman–Crippen MR) is 128 cm³/mol. The minimum Gasteiger partial charge on any atom is -0.369 e. The largest absolute Gasteiger partial charge is 0.369 e. The van der Waals surface area contributed by atoms with Crippen molar-refractivity contribution in [3.8, 4) is 11.3 Å². The van der Waals surface area contributed by atoms with Crippen molar-refractivity contribution in [1.29, 1.82) is 0 Å². The standard InChI is InChI=1S/C22H23ClN4OS2/c1-26-10-12-27(13-11-26)19-8-6-18(7-9-19)24-21(28)15-30-22-25-20(14-29-22)16-2-4-17(23)5-3-16/h2-9,14H,10-13,15H2,1H3,(H,24,28). The van der Waals surface area contributed by atoms with Crippen molar-refractivity contribution in [3.05, 3.63) is 58.9 Å². The molecular weight excluding hydrogens is 436 g/mol. The van der Waals surface area contributed by atoms with E-state index in [4.69, 9.17) is 11.6 Å². The van der Waals surface area contributed by atoms with Gasteiger partial charge < -0.3 is 15.1 Å². The normalized spacial score (nSPS) is 14.7. The van der Waals surface area contributed by atoms with Crippen molar-refractivity contribution < 1.29 is 4.79 Å². The third kappa shape index (κ3) is 5.55. The summed E-state index contributed by atoms with van der Waals surface area (Å²) in [6, 6.07) is 15.7. The molecule has 1 amide bonds. The van der Waals surface area contributed by atoms with E-state index < -0.39 is 0 Å². The molecule has 156 valence electrons. The number of anilines is 2. The van der Waals surface area contributed by atoms with Gasteiger partial charge in [0.2, 0.25) is 5.91 Å². The van der Waals surface area contributed by atoms with Gasteiger partial charge >= 0.3 is 0 Å². The molecule has 0 saturated carbocycles. The van der Waals surface area contributed by atoms with E-state index in [1.807, 2.05) is 41.8 Å². The quantitative estimate of drug-likeness (QED) is 0.530. The summed E-state index contributed by atoms with van der Waals surface area (Å²) in [4.78, 5) is 21.7. The van der Waals surface area contributed by atoms with Gasteiger partial charge in [-0.2, -0.15) is 0 Å². The molecule has 1 aliphatic rings. The van der Waals surface area contributed by atoms with Crippen molar-refractivity contribution in [2.45, 2.75) is 4.34 Å². The maximum Gasteiger partial charge on any atom is 0.234 e. The fourth-order valence-electron chi connectivity index (χ4n) is 3.22. The second-order valence-electron chi connectivity index (χ2n) is 7.18. The highest BCUT2D eigenvalue weighted by atomic mass is 35.5. The minimum absolute atomic E-state index is 0.0319. The van der Waals surface area contributed by atoms with Crippen molar-refractivity contribution in [2.75, 3.05) is 49.2 Å². The van der Waals surface area contributed by atoms with Gasteiger partial charge in [0.05, 0.1) is 11.4 Å². The molecule has 1 N–H and O–H groups in total. The number of rotatable bonds is 6. The van der Waals surface area contributed by atoms with Gasteiger partial charge in [-0.3, -0.25) is 4.79 Å². The highest BCUT2D eigenvalue weighted by Gasteiger charge is 2.14. The fraction of sp³-hybridized carbons (Fsp3) is 0.273. The fourth-order valence-corrected chi connectivity index (χ4v) is 4.98. The number of amides is 1. The second kappa shape index (κ2) is 9.83. The molecule has 5 nitrogen and oxygen atoms in total. The number of hydrogen-bond donors (Lipinski definition) is 1. The Labute approximate surface area is 190 Å². The first-order valence-corrected chi connectivity index (χ1v) is 12.0. The van der Waals surface area contributed by atoms with Gasteiger partial charge in [-0.1, -0.05) is 35.5 Å². The lowest BCUT2D eigenvalue weighted by atomic mass is 10.2. The van der Waals surface area contributed by atoms with Crippen LogP contribution in [0.1, 0.15) is 0 Å². The maximum atomic E-state index is 12.3. The molecule has 0 unspecified atom stereocenters. The minimum atomic E-state index is -0.0319. The van der Waals surface area contributed by atoms with Gasteiger partial charge in [0, 0.05) is 53.5 Å². The SMILES string of the molecule is CN1CCN(c2ccc(NC(=O)CSc3nc(-c4ccc(Cl)cc4)cs3)cc2)CC1. The summed E-state index contributed by atoms with van der Waals surface area (Å²) < 4.78 is 0.875. The summed E-state index contributed by atoms with van der Waals surface area (Å²) in [5.41, 5.74) is 3.94. The van der Waals surface area contributed by atoms with Gasteiger partial charge in [0.15, 0.2) is 4.34 Å². The van der Waals surface area contributed by atoms with Crippen molar-refractivity contribution in [3.63, 3.8) is 0 Å². The van der Waals surface area contributed by atoms with Crippen LogP contribution in [-0.4, -0.2) is 54.8 Å². The number of thiazole rings is 1. The van der Waals surface area contributed by atoms with Crippen LogP contribution in [0.2, 0.25) is 5.02 Å². The molecule has 0 spiro atoms. The first kappa shape index (κ1) is 21.2. The van der Waals surface area contributed by atoms with Crippen molar-refractivity contribution in [1.82, 2.24) is 9.88 Å². The lowest BCUT2D eigenvalue weighted by Gasteiger charge is -2.34. The summed E-state index contributed by atoms with van der Waals surface area (Å²) >= 11 is 8.93. The lowest BCUT2D eigenvalue weighted by Crippen LogP contribution is -2.44. The Balaban J connectivity index is 1.27. The van der Waals surface area contributed by atoms with Crippen LogP contribution >= 0.6 is 34.7 Å². The number of aromatic nitrogens is 1. The van der Waals surface area contributed by atoms with Crippen LogP contribution in [0, 0.1) is 0 Å². The molecule has 1 aromatic heterocycles. The van der Waals surface area contributed by atoms with E-state index in [-0.39, 0.29) is 5.91 Å². The van der Waals surface area contributed by atoms with Gasteiger partial charge in [0.25, 0.3) is 0 Å². The van der Waals surface area contributed by atoms with Gasteiger partial charge in [-0.15, -0.1) is 11.3 Å². The molecule has 0 atom stereocenters. The number of carbonyl (C=O) groups is 1. The van der Waals surface area contributed by atoms with Crippen LogP contribution < -0.4 is 10.2 Å². The van der Waals surface area contributed by atoms with E-state index in [0.717, 1.165) is 47.5 Å². The molecule has 30 heavy (non-hydrogen) atoms. The molecule has 1 saturated heterocycles. The summed E-state index contributed by atoms with van der Waals surface area (Å²) in [5, 5.41) is 5.68. The summed E-state index contributed by atoms with van der Waals surface area (Å²) in [6.07, 6.45) is 0. The highest BCUT2D eigenvalue weighted by Crippen LogP contribution is 2.29. The van der Waals surface area contributed by atoms with E-state index in [1.54, 1.807) is 11.3 Å². The molecule has 0 bridgehead atoms. The molecule has 8 heteroatoms. The van der Waals surface area contributed by atoms with Crippen LogP contribution in [0.15, 0.2) is 58.3 Å². The molecule has 2 aromatic carbocycles. The Morgan fingerprint density at radius 1 is 1.10 bits per heavy atom. The molecule has 2 heterocycles. The van der Waals surface area contributed by atoms with Crippen LogP contribution in [-0.2, 0) is 4.79 Å². The van der Waals surface area contributed by atoms with E-state index in [2.05, 4.69) is 39.3 Å². The van der Waals surface area contributed by atoms with E-state index in [9.17, 15) is 4.79 Å². The lowest BCUT2D eigenvalue weighted by molar-refractivity contribution is -0.113. The Morgan fingerprint density at radius 2 is 1.80 bits per heavy atom. The summed E-state index contributed by atoms with van der Waals surface area (Å²) in [7, 11) is 2.15. The third-order valence-corrected chi connectivity index (χ3v) is 7.24. The van der Waals surface area contributed by atoms with Gasteiger partial charge in [0.1, 0.15) is 0 Å². The second-order valence-corrected chi connectivity index (χ2v) is 9.70. The topological polar surface area (TPSA) is 48.5 Å². The average molecular weight is 459 g/mol. The van der Waals surface area contributed by atoms with Crippen molar-refractivity contribution in [2.24, 2.45) is 0 Å². The number of nitrogens with zero attached hydrogens (tertiary/aromatic N) is 3. The van der Waals surface area contributed by atoms with Gasteiger partial charge in [-0.05, 0) is 43.4 Å². The van der Waals surface area contributed by atoms with Gasteiger partial charge in [-0.25, -0.2) is 4.98 Å². The Morgan fingerprint density at radius 3 is 2.50 bits per heavy atom. The number of thioether (sulfide) groups is 1. The number of halogens is 1. The van der Waals surface area contributed by atoms with Crippen LogP contribution in [0.25, 0.3) is 11.3 Å². The first-order valence-electron chi connectivity index (χ1n) is 9.74. The molecule has 1 aliphatic heterocycles. The number of likely N-dealkylation sites (N-methyl/N-ethyl adjacent to an activating group) is 1. The maximum absolute atomic E-state index is 12.3. The van der Waals surface area contributed by atoms with E-state index >= 15 is 0 Å². The number of carbonyl (C=O) groups excluding carboxylic acids is 1. The zero-order valence-corrected chi connectivity index (χ0v) is 19.1. The highest BCUT2D eigenvalue weighted by molar-refractivity contribution is 8.01. The number of benzene rings is 2. The Kier molecular flexibility index (Phi) is 6.94. The van der Waals surface area contributed by atoms with E-state index in [1.165, 1.54) is 17.4 Å². The van der Waals surface area contributed by atoms with E-state index in [0.29, 0.717) is 10.8 Å².